The average Bonchev–Trinajstić information content (AvgIpc) is 3.08. The van der Waals surface area contributed by atoms with Gasteiger partial charge in [0.1, 0.15) is 0 Å². The van der Waals surface area contributed by atoms with Crippen molar-refractivity contribution in [1.29, 1.82) is 0 Å². The fraction of sp³-hybridized carbons (Fsp3) is 0. The first-order valence-corrected chi connectivity index (χ1v) is 7.66. The topological polar surface area (TPSA) is 81.1 Å². The molecule has 2 aromatic heterocycles. The highest BCUT2D eigenvalue weighted by molar-refractivity contribution is 9.10. The Hall–Kier alpha value is -2.12. The number of thiazole rings is 1. The van der Waals surface area contributed by atoms with Crippen molar-refractivity contribution in [2.24, 2.45) is 0 Å². The molecule has 0 saturated carbocycles. The van der Waals surface area contributed by atoms with E-state index in [1.165, 1.54) is 17.6 Å². The maximum Gasteiger partial charge on any atom is 0.261 e. The minimum absolute atomic E-state index is 0.274. The summed E-state index contributed by atoms with van der Waals surface area (Å²) in [5.41, 5.74) is 8.54. The van der Waals surface area contributed by atoms with E-state index in [4.69, 9.17) is 10.2 Å². The van der Waals surface area contributed by atoms with E-state index in [9.17, 15) is 4.79 Å². The van der Waals surface area contributed by atoms with Crippen LogP contribution < -0.4 is 11.1 Å². The van der Waals surface area contributed by atoms with Gasteiger partial charge in [-0.1, -0.05) is 12.1 Å². The molecule has 21 heavy (non-hydrogen) atoms. The molecule has 0 radical (unpaired) electrons. The zero-order valence-electron chi connectivity index (χ0n) is 10.7. The number of carbonyl (C=O) groups excluding carboxylic acids is 1. The van der Waals surface area contributed by atoms with E-state index in [1.54, 1.807) is 6.07 Å². The molecule has 0 atom stereocenters. The minimum Gasteiger partial charge on any atom is -0.457 e. The Labute approximate surface area is 132 Å². The van der Waals surface area contributed by atoms with Crippen molar-refractivity contribution in [1.82, 2.24) is 4.98 Å². The van der Waals surface area contributed by atoms with E-state index in [1.807, 2.05) is 29.6 Å². The quantitative estimate of drug-likeness (QED) is 0.689. The number of rotatable bonds is 3. The molecule has 3 aromatic rings. The zero-order valence-corrected chi connectivity index (χ0v) is 13.1. The molecule has 0 aliphatic rings. The number of hydrogen-bond donors (Lipinski definition) is 2. The van der Waals surface area contributed by atoms with Gasteiger partial charge in [-0.25, -0.2) is 4.98 Å². The molecule has 7 heteroatoms. The smallest absolute Gasteiger partial charge is 0.261 e. The Morgan fingerprint density at radius 3 is 2.95 bits per heavy atom. The molecule has 1 amide bonds. The van der Waals surface area contributed by atoms with Gasteiger partial charge in [0, 0.05) is 16.6 Å². The predicted octanol–water partition coefficient (Wildman–Crippen LogP) is 4.00. The number of halogens is 1. The first-order valence-electron chi connectivity index (χ1n) is 5.99. The van der Waals surface area contributed by atoms with Gasteiger partial charge in [0.05, 0.1) is 17.5 Å². The lowest BCUT2D eigenvalue weighted by molar-refractivity contribution is 0.102. The van der Waals surface area contributed by atoms with Gasteiger partial charge >= 0.3 is 0 Å². The number of nitrogens with zero attached hydrogens (tertiary/aromatic N) is 1. The van der Waals surface area contributed by atoms with Crippen molar-refractivity contribution in [3.05, 3.63) is 52.2 Å². The van der Waals surface area contributed by atoms with Crippen LogP contribution in [0.5, 0.6) is 0 Å². The Balaban J connectivity index is 1.80. The van der Waals surface area contributed by atoms with E-state index in [0.29, 0.717) is 21.1 Å². The van der Waals surface area contributed by atoms with Crippen molar-refractivity contribution in [3.8, 4) is 11.3 Å². The summed E-state index contributed by atoms with van der Waals surface area (Å²) in [6.07, 6.45) is 1.44. The highest BCUT2D eigenvalue weighted by Gasteiger charge is 2.14. The van der Waals surface area contributed by atoms with Gasteiger partial charge in [-0.2, -0.15) is 0 Å². The molecule has 0 unspecified atom stereocenters. The van der Waals surface area contributed by atoms with Gasteiger partial charge in [0.15, 0.2) is 9.80 Å². The van der Waals surface area contributed by atoms with Crippen LogP contribution in [0.2, 0.25) is 0 Å². The number of nitrogens with one attached hydrogen (secondary N) is 1. The van der Waals surface area contributed by atoms with E-state index in [0.717, 1.165) is 11.3 Å². The van der Waals surface area contributed by atoms with Crippen LogP contribution in [-0.2, 0) is 0 Å². The summed E-state index contributed by atoms with van der Waals surface area (Å²) in [5, 5.41) is 5.13. The first-order chi connectivity index (χ1) is 10.1. The van der Waals surface area contributed by atoms with Crippen molar-refractivity contribution < 1.29 is 9.21 Å². The van der Waals surface area contributed by atoms with Crippen LogP contribution >= 0.6 is 27.3 Å². The van der Waals surface area contributed by atoms with Crippen LogP contribution in [0.25, 0.3) is 11.3 Å². The Morgan fingerprint density at radius 1 is 1.38 bits per heavy atom. The van der Waals surface area contributed by atoms with E-state index in [2.05, 4.69) is 26.2 Å². The van der Waals surface area contributed by atoms with E-state index < -0.39 is 0 Å². The first kappa shape index (κ1) is 13.8. The number of furan rings is 1. The van der Waals surface area contributed by atoms with Gasteiger partial charge in [-0.05, 0) is 34.1 Å². The number of nitrogens with two attached hydrogens (primary N) is 1. The van der Waals surface area contributed by atoms with Gasteiger partial charge in [-0.15, -0.1) is 11.3 Å². The number of aromatic nitrogens is 1. The maximum absolute atomic E-state index is 12.0. The molecule has 2 heterocycles. The average molecular weight is 364 g/mol. The largest absolute Gasteiger partial charge is 0.457 e. The molecule has 0 fully saturated rings. The minimum atomic E-state index is -0.274. The molecule has 0 aliphatic heterocycles. The third kappa shape index (κ3) is 2.98. The van der Waals surface area contributed by atoms with Gasteiger partial charge in [-0.3, -0.25) is 10.1 Å². The Bertz CT molecular complexity index is 797. The number of anilines is 2. The van der Waals surface area contributed by atoms with Crippen molar-refractivity contribution in [2.75, 3.05) is 11.1 Å². The normalized spacial score (nSPS) is 10.5. The second-order valence-electron chi connectivity index (χ2n) is 4.23. The monoisotopic (exact) mass is 363 g/mol. The predicted molar refractivity (Wildman–Crippen MR) is 86.3 cm³/mol. The molecule has 0 spiro atoms. The molecular weight excluding hydrogens is 354 g/mol. The molecule has 0 bridgehead atoms. The number of benzene rings is 1. The summed E-state index contributed by atoms with van der Waals surface area (Å²) >= 11 is 4.52. The standard InChI is InChI=1S/C14H10BrN3O2S/c15-12-10(4-5-20-12)13(19)18-14-17-11(7-21-14)8-2-1-3-9(16)6-8/h1-7H,16H2,(H,17,18,19). The van der Waals surface area contributed by atoms with Crippen LogP contribution in [0.1, 0.15) is 10.4 Å². The highest BCUT2D eigenvalue weighted by atomic mass is 79.9. The highest BCUT2D eigenvalue weighted by Crippen LogP contribution is 2.27. The fourth-order valence-electron chi connectivity index (χ4n) is 1.78. The van der Waals surface area contributed by atoms with Crippen molar-refractivity contribution in [3.63, 3.8) is 0 Å². The molecule has 3 rings (SSSR count). The second kappa shape index (κ2) is 5.71. The van der Waals surface area contributed by atoms with Gasteiger partial charge < -0.3 is 10.2 Å². The SMILES string of the molecule is Nc1cccc(-c2csc(NC(=O)c3ccoc3Br)n2)c1. The second-order valence-corrected chi connectivity index (χ2v) is 5.80. The summed E-state index contributed by atoms with van der Waals surface area (Å²) < 4.78 is 5.43. The molecule has 0 aliphatic carbocycles. The summed E-state index contributed by atoms with van der Waals surface area (Å²) in [4.78, 5) is 16.4. The lowest BCUT2D eigenvalue weighted by Gasteiger charge is -2.00. The lowest BCUT2D eigenvalue weighted by Crippen LogP contribution is -2.11. The van der Waals surface area contributed by atoms with E-state index in [-0.39, 0.29) is 5.91 Å². The van der Waals surface area contributed by atoms with Gasteiger partial charge in [0.25, 0.3) is 5.91 Å². The van der Waals surface area contributed by atoms with Crippen LogP contribution in [0.15, 0.2) is 51.1 Å². The van der Waals surface area contributed by atoms with Crippen LogP contribution in [0, 0.1) is 0 Å². The molecule has 3 N–H and O–H groups in total. The number of amides is 1. The summed E-state index contributed by atoms with van der Waals surface area (Å²) in [6, 6.07) is 9.03. The van der Waals surface area contributed by atoms with Crippen molar-refractivity contribution >= 4 is 44.0 Å². The number of carbonyl (C=O) groups is 1. The van der Waals surface area contributed by atoms with Crippen LogP contribution in [-0.4, -0.2) is 10.9 Å². The third-order valence-electron chi connectivity index (χ3n) is 2.77. The Kier molecular flexibility index (Phi) is 3.76. The summed E-state index contributed by atoms with van der Waals surface area (Å²) in [6.45, 7) is 0. The molecule has 106 valence electrons. The van der Waals surface area contributed by atoms with Crippen molar-refractivity contribution in [2.45, 2.75) is 0 Å². The molecule has 1 aromatic carbocycles. The summed E-state index contributed by atoms with van der Waals surface area (Å²) in [5.74, 6) is -0.274. The van der Waals surface area contributed by atoms with Gasteiger partial charge in [0.2, 0.25) is 0 Å². The maximum atomic E-state index is 12.0. The zero-order chi connectivity index (χ0) is 14.8. The van der Waals surface area contributed by atoms with Crippen LogP contribution in [0.3, 0.4) is 0 Å². The molecular formula is C14H10BrN3O2S. The fourth-order valence-corrected chi connectivity index (χ4v) is 2.92. The number of hydrogen-bond acceptors (Lipinski definition) is 5. The summed E-state index contributed by atoms with van der Waals surface area (Å²) in [7, 11) is 0. The molecule has 0 saturated heterocycles. The molecule has 5 nitrogen and oxygen atoms in total. The van der Waals surface area contributed by atoms with E-state index >= 15 is 0 Å². The Morgan fingerprint density at radius 2 is 2.24 bits per heavy atom. The third-order valence-corrected chi connectivity index (χ3v) is 4.14. The number of nitrogen functional groups attached to an aromatic ring is 1. The lowest BCUT2D eigenvalue weighted by atomic mass is 10.1. The van der Waals surface area contributed by atoms with Crippen LogP contribution in [0.4, 0.5) is 10.8 Å².